The fourth-order valence-electron chi connectivity index (χ4n) is 7.16. The normalized spacial score (nSPS) is 32.7. The van der Waals surface area contributed by atoms with E-state index >= 15 is 0 Å². The third kappa shape index (κ3) is 7.52. The summed E-state index contributed by atoms with van der Waals surface area (Å²) in [5.41, 5.74) is 1.27. The fraction of sp³-hybridized carbons (Fsp3) is 0.774. The fourth-order valence-corrected chi connectivity index (χ4v) is 7.16. The lowest BCUT2D eigenvalue weighted by Crippen LogP contribution is -2.58. The number of likely N-dealkylation sites (tertiary alicyclic amines) is 1. The lowest BCUT2D eigenvalue weighted by Gasteiger charge is -2.45. The van der Waals surface area contributed by atoms with E-state index in [0.717, 1.165) is 70.3 Å². The van der Waals surface area contributed by atoms with Crippen molar-refractivity contribution in [1.82, 2.24) is 30.7 Å². The first kappa shape index (κ1) is 30.3. The van der Waals surface area contributed by atoms with Crippen molar-refractivity contribution in [3.63, 3.8) is 0 Å². The summed E-state index contributed by atoms with van der Waals surface area (Å²) in [5, 5.41) is 20.4. The van der Waals surface area contributed by atoms with Crippen molar-refractivity contribution in [2.24, 2.45) is 22.7 Å². The molecule has 0 aromatic heterocycles. The van der Waals surface area contributed by atoms with E-state index in [2.05, 4.69) is 44.0 Å². The lowest BCUT2D eigenvalue weighted by atomic mass is 9.85. The molecule has 12 nitrogen and oxygen atoms in total. The van der Waals surface area contributed by atoms with Gasteiger partial charge in [-0.2, -0.15) is 5.26 Å². The highest BCUT2D eigenvalue weighted by molar-refractivity contribution is 5.85. The Balaban J connectivity index is 0.963. The molecule has 43 heavy (non-hydrogen) atoms. The number of nitrogens with zero attached hydrogens (tertiary/aromatic N) is 5. The largest absolute Gasteiger partial charge is 0.497 e. The summed E-state index contributed by atoms with van der Waals surface area (Å²) < 4.78 is 16.6. The first-order valence-electron chi connectivity index (χ1n) is 16.1. The first-order chi connectivity index (χ1) is 21.1. The number of carbonyl (C=O) groups is 1. The second-order valence-electron chi connectivity index (χ2n) is 12.7. The minimum absolute atomic E-state index is 0.145. The smallest absolute Gasteiger partial charge is 0.223 e. The van der Waals surface area contributed by atoms with E-state index in [1.54, 1.807) is 7.11 Å². The van der Waals surface area contributed by atoms with Gasteiger partial charge in [-0.3, -0.25) is 19.9 Å². The van der Waals surface area contributed by atoms with E-state index in [-0.39, 0.29) is 30.0 Å². The molecule has 4 aliphatic heterocycles. The molecule has 12 heteroatoms. The lowest BCUT2D eigenvalue weighted by molar-refractivity contribution is -0.128. The maximum Gasteiger partial charge on any atom is 0.223 e. The number of methoxy groups -OCH3 is 1. The average molecular weight is 597 g/mol. The maximum atomic E-state index is 12.3. The van der Waals surface area contributed by atoms with Crippen LogP contribution in [0.4, 0.5) is 0 Å². The molecule has 0 bridgehead atoms. The molecule has 1 unspecified atom stereocenters. The third-order valence-electron chi connectivity index (χ3n) is 9.90. The van der Waals surface area contributed by atoms with E-state index in [1.807, 2.05) is 4.90 Å². The number of amides is 1. The highest BCUT2D eigenvalue weighted by Crippen LogP contribution is 2.32. The zero-order valence-corrected chi connectivity index (χ0v) is 25.5. The van der Waals surface area contributed by atoms with Gasteiger partial charge in [-0.25, -0.2) is 4.99 Å². The molecule has 0 aromatic rings. The number of amidine groups is 1. The Hall–Kier alpha value is -2.69. The Morgan fingerprint density at radius 3 is 2.67 bits per heavy atom. The Kier molecular flexibility index (Phi) is 10.2. The minimum Gasteiger partial charge on any atom is -0.497 e. The summed E-state index contributed by atoms with van der Waals surface area (Å²) in [6.07, 6.45) is 9.49. The summed E-state index contributed by atoms with van der Waals surface area (Å²) in [5.74, 6) is 1.82. The Labute approximate surface area is 255 Å². The molecular formula is C31H48N8O4. The molecule has 3 fully saturated rings. The summed E-state index contributed by atoms with van der Waals surface area (Å²) in [4.78, 5) is 24.3. The highest BCUT2D eigenvalue weighted by atomic mass is 16.5. The highest BCUT2D eigenvalue weighted by Gasteiger charge is 2.34. The Morgan fingerprint density at radius 2 is 1.98 bits per heavy atom. The van der Waals surface area contributed by atoms with Gasteiger partial charge in [0.2, 0.25) is 5.91 Å². The second kappa shape index (κ2) is 14.4. The molecule has 6 aliphatic rings. The quantitative estimate of drug-likeness (QED) is 0.315. The number of rotatable bonds is 11. The van der Waals surface area contributed by atoms with Crippen molar-refractivity contribution in [3.05, 3.63) is 23.6 Å². The zero-order valence-electron chi connectivity index (χ0n) is 25.5. The molecule has 6 rings (SSSR count). The number of nitrogens with one attached hydrogen (secondary N) is 3. The number of aliphatic imine (C=N–C) groups is 1. The van der Waals surface area contributed by atoms with Crippen LogP contribution in [0.5, 0.6) is 0 Å². The van der Waals surface area contributed by atoms with Crippen molar-refractivity contribution >= 4 is 11.7 Å². The van der Waals surface area contributed by atoms with Crippen LogP contribution in [0.2, 0.25) is 0 Å². The van der Waals surface area contributed by atoms with Crippen LogP contribution in [0.25, 0.3) is 0 Å². The number of hydrogen-bond acceptors (Lipinski definition) is 11. The van der Waals surface area contributed by atoms with Gasteiger partial charge >= 0.3 is 0 Å². The average Bonchev–Trinajstić information content (AvgIpc) is 3.37. The van der Waals surface area contributed by atoms with E-state index in [0.29, 0.717) is 57.9 Å². The van der Waals surface area contributed by atoms with Gasteiger partial charge in [0.05, 0.1) is 45.2 Å². The molecule has 0 radical (unpaired) electrons. The maximum absolute atomic E-state index is 12.3. The summed E-state index contributed by atoms with van der Waals surface area (Å²) in [6.45, 7) is 9.36. The van der Waals surface area contributed by atoms with Gasteiger partial charge in [0.1, 0.15) is 17.5 Å². The molecule has 2 aliphatic carbocycles. The topological polar surface area (TPSA) is 127 Å². The Bertz CT molecular complexity index is 1110. The zero-order chi connectivity index (χ0) is 29.6. The second-order valence-corrected chi connectivity index (χ2v) is 12.7. The van der Waals surface area contributed by atoms with Crippen molar-refractivity contribution in [1.29, 1.82) is 5.26 Å². The molecule has 0 aromatic carbocycles. The molecule has 0 spiro atoms. The molecule has 0 saturated carbocycles. The van der Waals surface area contributed by atoms with Crippen molar-refractivity contribution in [2.75, 3.05) is 79.5 Å². The van der Waals surface area contributed by atoms with Crippen LogP contribution >= 0.6 is 0 Å². The monoisotopic (exact) mass is 596 g/mol. The molecule has 3 N–H and O–H groups in total. The number of allylic oxidation sites excluding steroid dienone is 3. The van der Waals surface area contributed by atoms with Crippen LogP contribution in [-0.4, -0.2) is 124 Å². The van der Waals surface area contributed by atoms with Gasteiger partial charge in [0, 0.05) is 76.4 Å². The van der Waals surface area contributed by atoms with Gasteiger partial charge in [-0.15, -0.1) is 0 Å². The standard InChI is InChI=1S/C31H48N8O4/c1-41-13-12-39-17-22(14-29(39)40)18-43-28-7-2-23(15-24(28)16-32)30-33-21-34-31(36-30)35-25-3-5-26(6-4-25)37-8-10-38(11-9-37)27-19-42-20-27/h3,7,22-24,26-27,31,34-35H,2,4-6,8-15,17-21H2,1H3,(H,33,36)/t22?,23-,24+,26+,31-/m1/s1. The Morgan fingerprint density at radius 1 is 1.16 bits per heavy atom. The van der Waals surface area contributed by atoms with Gasteiger partial charge in [-0.1, -0.05) is 6.08 Å². The number of nitriles is 1. The first-order valence-corrected chi connectivity index (χ1v) is 16.1. The molecule has 5 atom stereocenters. The predicted molar refractivity (Wildman–Crippen MR) is 161 cm³/mol. The van der Waals surface area contributed by atoms with Crippen molar-refractivity contribution in [2.45, 2.75) is 56.9 Å². The van der Waals surface area contributed by atoms with E-state index in [1.165, 1.54) is 12.1 Å². The number of ether oxygens (including phenoxy) is 3. The van der Waals surface area contributed by atoms with Crippen LogP contribution in [-0.2, 0) is 19.0 Å². The number of carbonyl (C=O) groups excluding carboxylic acids is 1. The summed E-state index contributed by atoms with van der Waals surface area (Å²) in [7, 11) is 1.65. The predicted octanol–water partition coefficient (Wildman–Crippen LogP) is 0.806. The molecule has 1 amide bonds. The number of hydrogen-bond donors (Lipinski definition) is 3. The SMILES string of the molecule is COCCN1CC(COC2=CC[C@@H](C3=N[C@@H](NC4=CC[C@H](N5CCN(C6COC6)CC5)CC4)NCN3)C[C@H]2C#N)CC1=O. The van der Waals surface area contributed by atoms with E-state index in [9.17, 15) is 10.1 Å². The number of piperazine rings is 1. The van der Waals surface area contributed by atoms with Gasteiger partial charge in [0.15, 0.2) is 6.29 Å². The van der Waals surface area contributed by atoms with E-state index in [4.69, 9.17) is 19.2 Å². The molecule has 3 saturated heterocycles. The van der Waals surface area contributed by atoms with Crippen molar-refractivity contribution in [3.8, 4) is 6.07 Å². The van der Waals surface area contributed by atoms with Gasteiger partial charge in [0.25, 0.3) is 0 Å². The van der Waals surface area contributed by atoms with Crippen LogP contribution in [0.1, 0.15) is 38.5 Å². The van der Waals surface area contributed by atoms with Gasteiger partial charge < -0.3 is 29.7 Å². The van der Waals surface area contributed by atoms with Crippen LogP contribution in [0.3, 0.4) is 0 Å². The molecule has 236 valence electrons. The third-order valence-corrected chi connectivity index (χ3v) is 9.90. The van der Waals surface area contributed by atoms with Crippen molar-refractivity contribution < 1.29 is 19.0 Å². The van der Waals surface area contributed by atoms with E-state index < -0.39 is 0 Å². The summed E-state index contributed by atoms with van der Waals surface area (Å²) >= 11 is 0. The molecule has 4 heterocycles. The van der Waals surface area contributed by atoms with Crippen LogP contribution in [0.15, 0.2) is 28.6 Å². The summed E-state index contributed by atoms with van der Waals surface area (Å²) in [6, 6.07) is 3.71. The van der Waals surface area contributed by atoms with Crippen LogP contribution in [0, 0.1) is 29.1 Å². The minimum atomic E-state index is -0.312. The van der Waals surface area contributed by atoms with Crippen LogP contribution < -0.4 is 16.0 Å². The van der Waals surface area contributed by atoms with Gasteiger partial charge in [-0.05, 0) is 38.2 Å². The molecular weight excluding hydrogens is 548 g/mol.